The highest BCUT2D eigenvalue weighted by Gasteiger charge is 2.23. The molecule has 0 amide bonds. The van der Waals surface area contributed by atoms with Crippen molar-refractivity contribution in [1.82, 2.24) is 24.1 Å². The first kappa shape index (κ1) is 31.5. The number of fused-ring (bicyclic) bond motifs is 10. The van der Waals surface area contributed by atoms with Crippen molar-refractivity contribution in [2.45, 2.75) is 0 Å². The molecule has 4 aromatic heterocycles. The van der Waals surface area contributed by atoms with E-state index in [-0.39, 0.29) is 0 Å². The normalized spacial score (nSPS) is 11.9. The summed E-state index contributed by atoms with van der Waals surface area (Å²) in [6.07, 6.45) is 0. The summed E-state index contributed by atoms with van der Waals surface area (Å²) in [6.45, 7) is 0. The second-order valence-corrected chi connectivity index (χ2v) is 14.4. The predicted molar refractivity (Wildman–Crippen MR) is 232 cm³/mol. The van der Waals surface area contributed by atoms with Crippen LogP contribution in [0, 0.1) is 0 Å². The summed E-state index contributed by atoms with van der Waals surface area (Å²) in [4.78, 5) is 15.7. The fourth-order valence-corrected chi connectivity index (χ4v) is 8.70. The van der Waals surface area contributed by atoms with Crippen LogP contribution < -0.4 is 0 Å². The van der Waals surface area contributed by atoms with Gasteiger partial charge in [-0.25, -0.2) is 4.98 Å². The van der Waals surface area contributed by atoms with Gasteiger partial charge in [0.2, 0.25) is 5.95 Å². The molecule has 4 heterocycles. The Morgan fingerprint density at radius 2 is 0.912 bits per heavy atom. The number of hydrogen-bond donors (Lipinski definition) is 0. The van der Waals surface area contributed by atoms with Crippen LogP contribution in [0.25, 0.3) is 111 Å². The molecular formula is C51H31N5O. The second-order valence-electron chi connectivity index (χ2n) is 14.4. The monoisotopic (exact) mass is 729 g/mol. The summed E-state index contributed by atoms with van der Waals surface area (Å²) in [5, 5.41) is 6.90. The standard InChI is InChI=1S/C51H31N5O/c1-3-15-32(16-4-1)49-52-50(34-18-13-17-33(31-34)36-24-14-25-38-37-21-9-12-28-45(37)57-48(36)38)54-51(53-49)56-42-27-11-8-23-40(42)47-44(56)30-29-43-46(47)39-22-7-10-26-41(39)55(43)35-19-5-2-6-20-35/h1-31H. The summed E-state index contributed by atoms with van der Waals surface area (Å²) in [6, 6.07) is 65.4. The zero-order chi connectivity index (χ0) is 37.5. The van der Waals surface area contributed by atoms with Gasteiger partial charge in [0.25, 0.3) is 0 Å². The molecule has 266 valence electrons. The minimum atomic E-state index is 0.556. The minimum absolute atomic E-state index is 0.556. The van der Waals surface area contributed by atoms with Crippen LogP contribution >= 0.6 is 0 Å². The van der Waals surface area contributed by atoms with Gasteiger partial charge in [0, 0.05) is 54.7 Å². The molecule has 0 saturated heterocycles. The summed E-state index contributed by atoms with van der Waals surface area (Å²) in [7, 11) is 0. The Kier molecular flexibility index (Phi) is 6.83. The largest absolute Gasteiger partial charge is 0.455 e. The van der Waals surface area contributed by atoms with Gasteiger partial charge in [0.05, 0.1) is 22.1 Å². The van der Waals surface area contributed by atoms with Gasteiger partial charge in [-0.2, -0.15) is 9.97 Å². The Hall–Kier alpha value is -7.83. The first-order valence-corrected chi connectivity index (χ1v) is 19.1. The second kappa shape index (κ2) is 12.3. The lowest BCUT2D eigenvalue weighted by Gasteiger charge is -2.12. The number of rotatable bonds is 5. The predicted octanol–water partition coefficient (Wildman–Crippen LogP) is 13.0. The van der Waals surface area contributed by atoms with E-state index in [4.69, 9.17) is 19.4 Å². The van der Waals surface area contributed by atoms with E-state index in [1.165, 1.54) is 10.8 Å². The van der Waals surface area contributed by atoms with E-state index in [2.05, 4.69) is 167 Å². The lowest BCUT2D eigenvalue weighted by molar-refractivity contribution is 0.670. The maximum Gasteiger partial charge on any atom is 0.238 e. The summed E-state index contributed by atoms with van der Waals surface area (Å²) < 4.78 is 11.0. The van der Waals surface area contributed by atoms with Crippen LogP contribution in [0.5, 0.6) is 0 Å². The zero-order valence-corrected chi connectivity index (χ0v) is 30.5. The van der Waals surface area contributed by atoms with E-state index in [0.717, 1.165) is 82.7 Å². The number of benzene rings is 8. The topological polar surface area (TPSA) is 61.7 Å². The first-order chi connectivity index (χ1) is 28.3. The molecule has 0 fully saturated rings. The van der Waals surface area contributed by atoms with E-state index in [1.807, 2.05) is 30.3 Å². The molecule has 0 saturated carbocycles. The van der Waals surface area contributed by atoms with Gasteiger partial charge in [-0.3, -0.25) is 4.57 Å². The first-order valence-electron chi connectivity index (χ1n) is 19.1. The van der Waals surface area contributed by atoms with Crippen LogP contribution in [0.4, 0.5) is 0 Å². The van der Waals surface area contributed by atoms with E-state index in [9.17, 15) is 0 Å². The van der Waals surface area contributed by atoms with E-state index in [1.54, 1.807) is 0 Å². The lowest BCUT2D eigenvalue weighted by atomic mass is 10.0. The van der Waals surface area contributed by atoms with E-state index < -0.39 is 0 Å². The van der Waals surface area contributed by atoms with Crippen molar-refractivity contribution in [1.29, 1.82) is 0 Å². The number of furan rings is 1. The van der Waals surface area contributed by atoms with Crippen LogP contribution in [-0.4, -0.2) is 24.1 Å². The summed E-state index contributed by atoms with van der Waals surface area (Å²) in [5.41, 5.74) is 11.1. The van der Waals surface area contributed by atoms with Gasteiger partial charge < -0.3 is 8.98 Å². The molecule has 0 N–H and O–H groups in total. The molecule has 12 aromatic rings. The van der Waals surface area contributed by atoms with Crippen LogP contribution in [0.3, 0.4) is 0 Å². The quantitative estimate of drug-likeness (QED) is 0.177. The van der Waals surface area contributed by atoms with Gasteiger partial charge >= 0.3 is 0 Å². The van der Waals surface area contributed by atoms with Gasteiger partial charge in [-0.15, -0.1) is 0 Å². The summed E-state index contributed by atoms with van der Waals surface area (Å²) >= 11 is 0. The molecule has 0 aliphatic carbocycles. The molecule has 57 heavy (non-hydrogen) atoms. The zero-order valence-electron chi connectivity index (χ0n) is 30.5. The number of hydrogen-bond acceptors (Lipinski definition) is 4. The van der Waals surface area contributed by atoms with E-state index in [0.29, 0.717) is 17.6 Å². The molecule has 8 aromatic carbocycles. The number of para-hydroxylation sites is 5. The van der Waals surface area contributed by atoms with Crippen molar-refractivity contribution in [2.24, 2.45) is 0 Å². The van der Waals surface area contributed by atoms with Gasteiger partial charge in [-0.1, -0.05) is 140 Å². The van der Waals surface area contributed by atoms with Crippen molar-refractivity contribution in [3.8, 4) is 45.5 Å². The van der Waals surface area contributed by atoms with E-state index >= 15 is 0 Å². The Balaban J connectivity index is 1.11. The van der Waals surface area contributed by atoms with Crippen molar-refractivity contribution in [3.63, 3.8) is 0 Å². The van der Waals surface area contributed by atoms with Gasteiger partial charge in [0.1, 0.15) is 11.2 Å². The molecule has 0 radical (unpaired) electrons. The molecule has 0 unspecified atom stereocenters. The molecule has 6 nitrogen and oxygen atoms in total. The van der Waals surface area contributed by atoms with Crippen molar-refractivity contribution in [3.05, 3.63) is 188 Å². The molecular weight excluding hydrogens is 699 g/mol. The fourth-order valence-electron chi connectivity index (χ4n) is 8.70. The van der Waals surface area contributed by atoms with Gasteiger partial charge in [-0.05, 0) is 54.1 Å². The summed E-state index contributed by atoms with van der Waals surface area (Å²) in [5.74, 6) is 1.75. The molecule has 12 rings (SSSR count). The van der Waals surface area contributed by atoms with Gasteiger partial charge in [0.15, 0.2) is 11.6 Å². The maximum absolute atomic E-state index is 6.45. The smallest absolute Gasteiger partial charge is 0.238 e. The van der Waals surface area contributed by atoms with Crippen LogP contribution in [-0.2, 0) is 0 Å². The third kappa shape index (κ3) is 4.81. The highest BCUT2D eigenvalue weighted by Crippen LogP contribution is 2.42. The molecule has 0 bridgehead atoms. The molecule has 6 heteroatoms. The highest BCUT2D eigenvalue weighted by atomic mass is 16.3. The lowest BCUT2D eigenvalue weighted by Crippen LogP contribution is -2.06. The molecule has 0 spiro atoms. The van der Waals surface area contributed by atoms with Crippen molar-refractivity contribution >= 4 is 65.6 Å². The van der Waals surface area contributed by atoms with Crippen LogP contribution in [0.15, 0.2) is 192 Å². The Bertz CT molecular complexity index is 3520. The average Bonchev–Trinajstić information content (AvgIpc) is 3.95. The Labute approximate surface area is 326 Å². The fraction of sp³-hybridized carbons (Fsp3) is 0. The van der Waals surface area contributed by atoms with Crippen molar-refractivity contribution < 1.29 is 4.42 Å². The Morgan fingerprint density at radius 1 is 0.368 bits per heavy atom. The molecule has 0 aliphatic heterocycles. The SMILES string of the molecule is c1ccc(-c2nc(-c3cccc(-c4cccc5c4oc4ccccc45)c3)nc(-n3c4ccccc4c4c5c6ccccc6n(-c6ccccc6)c5ccc43)n2)cc1. The Morgan fingerprint density at radius 3 is 1.67 bits per heavy atom. The minimum Gasteiger partial charge on any atom is -0.455 e. The van der Waals surface area contributed by atoms with Crippen LogP contribution in [0.1, 0.15) is 0 Å². The third-order valence-electron chi connectivity index (χ3n) is 11.2. The average molecular weight is 730 g/mol. The molecule has 0 atom stereocenters. The number of nitrogens with zero attached hydrogens (tertiary/aromatic N) is 5. The highest BCUT2D eigenvalue weighted by molar-refractivity contribution is 6.28. The van der Waals surface area contributed by atoms with Crippen molar-refractivity contribution in [2.75, 3.05) is 0 Å². The number of aromatic nitrogens is 5. The maximum atomic E-state index is 6.45. The third-order valence-corrected chi connectivity index (χ3v) is 11.2. The van der Waals surface area contributed by atoms with Crippen LogP contribution in [0.2, 0.25) is 0 Å². The molecule has 0 aliphatic rings.